The lowest BCUT2D eigenvalue weighted by Gasteiger charge is -2.23. The Bertz CT molecular complexity index is 272. The molecule has 82 valence electrons. The molecule has 2 rings (SSSR count). The van der Waals surface area contributed by atoms with Crippen molar-refractivity contribution >= 4 is 5.69 Å². The summed E-state index contributed by atoms with van der Waals surface area (Å²) in [6, 6.07) is 3.95. The van der Waals surface area contributed by atoms with Crippen molar-refractivity contribution in [3.63, 3.8) is 0 Å². The molecule has 1 saturated heterocycles. The summed E-state index contributed by atoms with van der Waals surface area (Å²) in [4.78, 5) is 4.04. The van der Waals surface area contributed by atoms with Crippen LogP contribution in [0.4, 0.5) is 5.69 Å². The zero-order valence-electron chi connectivity index (χ0n) is 8.78. The molecular formula is C11H17N3O. The van der Waals surface area contributed by atoms with Gasteiger partial charge in [0.1, 0.15) is 0 Å². The lowest BCUT2D eigenvalue weighted by Crippen LogP contribution is -2.39. The number of hydrogen-bond acceptors (Lipinski definition) is 4. The minimum atomic E-state index is 0.350. The van der Waals surface area contributed by atoms with E-state index in [1.54, 1.807) is 6.20 Å². The minimum absolute atomic E-state index is 0.350. The maximum atomic E-state index is 5.60. The van der Waals surface area contributed by atoms with Crippen LogP contribution in [0.25, 0.3) is 0 Å². The molecule has 1 fully saturated rings. The third kappa shape index (κ3) is 3.49. The van der Waals surface area contributed by atoms with Crippen LogP contribution in [0.1, 0.15) is 6.42 Å². The van der Waals surface area contributed by atoms with Crippen LogP contribution in [0.3, 0.4) is 0 Å². The summed E-state index contributed by atoms with van der Waals surface area (Å²) in [6.45, 7) is 3.71. The smallest absolute Gasteiger partial charge is 0.0716 e. The summed E-state index contributed by atoms with van der Waals surface area (Å²) in [5.74, 6) is 0. The largest absolute Gasteiger partial charge is 0.384 e. The second kappa shape index (κ2) is 5.68. The van der Waals surface area contributed by atoms with Crippen LogP contribution in [-0.2, 0) is 4.74 Å². The number of nitrogens with one attached hydrogen (secondary N) is 2. The number of aromatic nitrogens is 1. The van der Waals surface area contributed by atoms with Crippen LogP contribution in [0.5, 0.6) is 0 Å². The van der Waals surface area contributed by atoms with Gasteiger partial charge in [0.05, 0.1) is 18.4 Å². The Labute approximate surface area is 90.0 Å². The first-order valence-electron chi connectivity index (χ1n) is 5.41. The molecule has 0 spiro atoms. The molecule has 1 aliphatic rings. The lowest BCUT2D eigenvalue weighted by molar-refractivity contribution is 0.0258. The predicted molar refractivity (Wildman–Crippen MR) is 60.0 cm³/mol. The van der Waals surface area contributed by atoms with Crippen molar-refractivity contribution in [1.29, 1.82) is 0 Å². The molecule has 2 heterocycles. The Morgan fingerprint density at radius 2 is 2.60 bits per heavy atom. The van der Waals surface area contributed by atoms with E-state index in [4.69, 9.17) is 4.74 Å². The zero-order valence-corrected chi connectivity index (χ0v) is 8.78. The number of morpholine rings is 1. The van der Waals surface area contributed by atoms with Crippen LogP contribution < -0.4 is 10.6 Å². The maximum absolute atomic E-state index is 5.60. The zero-order chi connectivity index (χ0) is 10.3. The Morgan fingerprint density at radius 3 is 3.33 bits per heavy atom. The minimum Gasteiger partial charge on any atom is -0.384 e. The van der Waals surface area contributed by atoms with Crippen molar-refractivity contribution < 1.29 is 4.74 Å². The summed E-state index contributed by atoms with van der Waals surface area (Å²) < 4.78 is 5.60. The number of ether oxygens (including phenoxy) is 1. The maximum Gasteiger partial charge on any atom is 0.0716 e. The van der Waals surface area contributed by atoms with Crippen molar-refractivity contribution in [2.75, 3.05) is 31.6 Å². The molecule has 0 aliphatic carbocycles. The van der Waals surface area contributed by atoms with E-state index in [1.165, 1.54) is 0 Å². The standard InChI is InChI=1S/C11H17N3O/c1-2-10(8-12-4-1)14-5-3-11-9-13-6-7-15-11/h1-2,4,8,11,13-14H,3,5-7,9H2. The van der Waals surface area contributed by atoms with Crippen LogP contribution in [0.15, 0.2) is 24.5 Å². The van der Waals surface area contributed by atoms with E-state index in [2.05, 4.69) is 15.6 Å². The topological polar surface area (TPSA) is 46.2 Å². The van der Waals surface area contributed by atoms with E-state index in [1.807, 2.05) is 18.3 Å². The van der Waals surface area contributed by atoms with Gasteiger partial charge in [0.15, 0.2) is 0 Å². The van der Waals surface area contributed by atoms with Gasteiger partial charge in [-0.1, -0.05) is 0 Å². The number of nitrogens with zero attached hydrogens (tertiary/aromatic N) is 1. The fourth-order valence-corrected chi connectivity index (χ4v) is 1.65. The first-order chi connectivity index (χ1) is 7.45. The van der Waals surface area contributed by atoms with Gasteiger partial charge in [-0.25, -0.2) is 0 Å². The Kier molecular flexibility index (Phi) is 3.93. The third-order valence-corrected chi connectivity index (χ3v) is 2.46. The van der Waals surface area contributed by atoms with Gasteiger partial charge in [-0.2, -0.15) is 0 Å². The fourth-order valence-electron chi connectivity index (χ4n) is 1.65. The van der Waals surface area contributed by atoms with Crippen molar-refractivity contribution in [3.05, 3.63) is 24.5 Å². The first kappa shape index (κ1) is 10.4. The number of hydrogen-bond donors (Lipinski definition) is 2. The van der Waals surface area contributed by atoms with E-state index >= 15 is 0 Å². The van der Waals surface area contributed by atoms with Crippen LogP contribution in [0.2, 0.25) is 0 Å². The molecule has 0 saturated carbocycles. The Morgan fingerprint density at radius 1 is 1.60 bits per heavy atom. The summed E-state index contributed by atoms with van der Waals surface area (Å²) in [7, 11) is 0. The number of pyridine rings is 1. The molecule has 1 aromatic rings. The summed E-state index contributed by atoms with van der Waals surface area (Å²) >= 11 is 0. The SMILES string of the molecule is c1cncc(NCCC2CNCCO2)c1. The average molecular weight is 207 g/mol. The summed E-state index contributed by atoms with van der Waals surface area (Å²) in [5.41, 5.74) is 1.07. The highest BCUT2D eigenvalue weighted by Crippen LogP contribution is 2.05. The first-order valence-corrected chi connectivity index (χ1v) is 5.41. The van der Waals surface area contributed by atoms with Crippen molar-refractivity contribution in [2.45, 2.75) is 12.5 Å². The molecular weight excluding hydrogens is 190 g/mol. The molecule has 1 aliphatic heterocycles. The van der Waals surface area contributed by atoms with E-state index in [-0.39, 0.29) is 0 Å². The summed E-state index contributed by atoms with van der Waals surface area (Å²) in [6.07, 6.45) is 4.99. The number of rotatable bonds is 4. The van der Waals surface area contributed by atoms with E-state index in [9.17, 15) is 0 Å². The third-order valence-electron chi connectivity index (χ3n) is 2.46. The molecule has 0 amide bonds. The van der Waals surface area contributed by atoms with Gasteiger partial charge < -0.3 is 15.4 Å². The van der Waals surface area contributed by atoms with Crippen LogP contribution >= 0.6 is 0 Å². The van der Waals surface area contributed by atoms with Gasteiger partial charge >= 0.3 is 0 Å². The monoisotopic (exact) mass is 207 g/mol. The normalized spacial score (nSPS) is 21.2. The second-order valence-electron chi connectivity index (χ2n) is 3.65. The molecule has 2 N–H and O–H groups in total. The number of anilines is 1. The van der Waals surface area contributed by atoms with Gasteiger partial charge in [-0.3, -0.25) is 4.98 Å². The lowest BCUT2D eigenvalue weighted by atomic mass is 10.2. The van der Waals surface area contributed by atoms with Crippen LogP contribution in [0, 0.1) is 0 Å². The van der Waals surface area contributed by atoms with Crippen molar-refractivity contribution in [2.24, 2.45) is 0 Å². The molecule has 1 unspecified atom stereocenters. The van der Waals surface area contributed by atoms with E-state index in [0.717, 1.165) is 38.3 Å². The average Bonchev–Trinajstić information content (AvgIpc) is 2.32. The highest BCUT2D eigenvalue weighted by molar-refractivity contribution is 5.39. The molecule has 1 atom stereocenters. The van der Waals surface area contributed by atoms with Gasteiger partial charge in [0, 0.05) is 32.0 Å². The molecule has 4 nitrogen and oxygen atoms in total. The summed E-state index contributed by atoms with van der Waals surface area (Å²) in [5, 5.41) is 6.64. The quantitative estimate of drug-likeness (QED) is 0.769. The van der Waals surface area contributed by atoms with Crippen molar-refractivity contribution in [3.8, 4) is 0 Å². The molecule has 1 aromatic heterocycles. The Balaban J connectivity index is 1.66. The fraction of sp³-hybridized carbons (Fsp3) is 0.545. The molecule has 0 aromatic carbocycles. The predicted octanol–water partition coefficient (Wildman–Crippen LogP) is 0.872. The highest BCUT2D eigenvalue weighted by Gasteiger charge is 2.12. The molecule has 0 radical (unpaired) electrons. The second-order valence-corrected chi connectivity index (χ2v) is 3.65. The van der Waals surface area contributed by atoms with Gasteiger partial charge in [-0.15, -0.1) is 0 Å². The van der Waals surface area contributed by atoms with Gasteiger partial charge in [0.2, 0.25) is 0 Å². The van der Waals surface area contributed by atoms with Gasteiger partial charge in [-0.05, 0) is 18.6 Å². The molecule has 4 heteroatoms. The van der Waals surface area contributed by atoms with Crippen LogP contribution in [-0.4, -0.2) is 37.3 Å². The molecule has 0 bridgehead atoms. The van der Waals surface area contributed by atoms with Gasteiger partial charge in [0.25, 0.3) is 0 Å². The van der Waals surface area contributed by atoms with E-state index < -0.39 is 0 Å². The molecule has 15 heavy (non-hydrogen) atoms. The Hall–Kier alpha value is -1.13. The van der Waals surface area contributed by atoms with Crippen molar-refractivity contribution in [1.82, 2.24) is 10.3 Å². The highest BCUT2D eigenvalue weighted by atomic mass is 16.5. The van der Waals surface area contributed by atoms with E-state index in [0.29, 0.717) is 6.10 Å².